The quantitative estimate of drug-likeness (QED) is 0.663. The molecule has 13 heavy (non-hydrogen) atoms. The van der Waals surface area contributed by atoms with Gasteiger partial charge in [-0.3, -0.25) is 4.79 Å². The first-order valence-corrected chi connectivity index (χ1v) is 4.40. The number of para-hydroxylation sites is 1. The number of benzene rings is 1. The number of hydrogen-bond donors (Lipinski definition) is 2. The summed E-state index contributed by atoms with van der Waals surface area (Å²) in [7, 11) is 0. The van der Waals surface area contributed by atoms with E-state index in [1.165, 1.54) is 5.56 Å². The Balaban J connectivity index is 2.33. The van der Waals surface area contributed by atoms with E-state index in [-0.39, 0.29) is 11.8 Å². The maximum absolute atomic E-state index is 11.4. The van der Waals surface area contributed by atoms with Gasteiger partial charge in [-0.2, -0.15) is 0 Å². The van der Waals surface area contributed by atoms with Crippen molar-refractivity contribution in [2.45, 2.75) is 6.42 Å². The van der Waals surface area contributed by atoms with Gasteiger partial charge in [-0.25, -0.2) is 0 Å². The third-order valence-corrected chi connectivity index (χ3v) is 2.40. The average molecular weight is 176 g/mol. The molecule has 0 aromatic heterocycles. The summed E-state index contributed by atoms with van der Waals surface area (Å²) < 4.78 is 0. The van der Waals surface area contributed by atoms with Crippen molar-refractivity contribution < 1.29 is 4.79 Å². The number of fused-ring (bicyclic) bond motifs is 1. The lowest BCUT2D eigenvalue weighted by atomic mass is 9.93. The van der Waals surface area contributed by atoms with Crippen LogP contribution in [0.2, 0.25) is 0 Å². The molecule has 1 amide bonds. The van der Waals surface area contributed by atoms with Gasteiger partial charge in [-0.1, -0.05) is 18.2 Å². The molecule has 3 nitrogen and oxygen atoms in total. The SMILES string of the molecule is NC[C@H]1Cc2ccccc2NC1=O. The number of anilines is 1. The van der Waals surface area contributed by atoms with Crippen molar-refractivity contribution in [1.29, 1.82) is 0 Å². The first kappa shape index (κ1) is 8.26. The van der Waals surface area contributed by atoms with Crippen molar-refractivity contribution in [3.63, 3.8) is 0 Å². The van der Waals surface area contributed by atoms with Crippen LogP contribution in [0.1, 0.15) is 5.56 Å². The zero-order valence-corrected chi connectivity index (χ0v) is 7.29. The third kappa shape index (κ3) is 1.42. The molecule has 0 saturated heterocycles. The Morgan fingerprint density at radius 3 is 3.00 bits per heavy atom. The number of carbonyl (C=O) groups excluding carboxylic acids is 1. The molecule has 1 aliphatic heterocycles. The molecular weight excluding hydrogens is 164 g/mol. The zero-order chi connectivity index (χ0) is 9.26. The van der Waals surface area contributed by atoms with Crippen LogP contribution in [0.3, 0.4) is 0 Å². The standard InChI is InChI=1S/C10H12N2O/c11-6-8-5-7-3-1-2-4-9(7)12-10(8)13/h1-4,8H,5-6,11H2,(H,12,13)/t8-/m1/s1. The number of carbonyl (C=O) groups is 1. The second-order valence-electron chi connectivity index (χ2n) is 3.28. The summed E-state index contributed by atoms with van der Waals surface area (Å²) in [6.07, 6.45) is 0.762. The predicted octanol–water partition coefficient (Wildman–Crippen LogP) is 0.756. The maximum Gasteiger partial charge on any atom is 0.229 e. The third-order valence-electron chi connectivity index (χ3n) is 2.40. The van der Waals surface area contributed by atoms with E-state index >= 15 is 0 Å². The average Bonchev–Trinajstić information content (AvgIpc) is 2.17. The highest BCUT2D eigenvalue weighted by Gasteiger charge is 2.23. The number of hydrogen-bond acceptors (Lipinski definition) is 2. The van der Waals surface area contributed by atoms with E-state index in [0.29, 0.717) is 6.54 Å². The predicted molar refractivity (Wildman–Crippen MR) is 51.3 cm³/mol. The lowest BCUT2D eigenvalue weighted by Crippen LogP contribution is -2.34. The van der Waals surface area contributed by atoms with Gasteiger partial charge >= 0.3 is 0 Å². The van der Waals surface area contributed by atoms with Crippen LogP contribution in [0.5, 0.6) is 0 Å². The molecule has 0 fully saturated rings. The van der Waals surface area contributed by atoms with Gasteiger partial charge in [-0.15, -0.1) is 0 Å². The fourth-order valence-corrected chi connectivity index (χ4v) is 1.60. The number of nitrogens with one attached hydrogen (secondary N) is 1. The Morgan fingerprint density at radius 2 is 2.23 bits per heavy atom. The minimum Gasteiger partial charge on any atom is -0.330 e. The van der Waals surface area contributed by atoms with Gasteiger partial charge in [0.25, 0.3) is 0 Å². The van der Waals surface area contributed by atoms with Crippen LogP contribution < -0.4 is 11.1 Å². The van der Waals surface area contributed by atoms with E-state index in [1.54, 1.807) is 0 Å². The molecule has 1 aromatic carbocycles. The summed E-state index contributed by atoms with van der Waals surface area (Å²) in [4.78, 5) is 11.4. The first-order valence-electron chi connectivity index (χ1n) is 4.40. The summed E-state index contributed by atoms with van der Waals surface area (Å²) in [6, 6.07) is 7.84. The van der Waals surface area contributed by atoms with E-state index in [2.05, 4.69) is 5.32 Å². The molecule has 0 radical (unpaired) electrons. The van der Waals surface area contributed by atoms with E-state index in [0.717, 1.165) is 12.1 Å². The maximum atomic E-state index is 11.4. The summed E-state index contributed by atoms with van der Waals surface area (Å²) in [5.41, 5.74) is 7.60. The van der Waals surface area contributed by atoms with E-state index in [9.17, 15) is 4.79 Å². The van der Waals surface area contributed by atoms with E-state index in [1.807, 2.05) is 24.3 Å². The van der Waals surface area contributed by atoms with Gasteiger partial charge in [0.2, 0.25) is 5.91 Å². The molecule has 68 valence electrons. The van der Waals surface area contributed by atoms with Crippen molar-refractivity contribution in [2.75, 3.05) is 11.9 Å². The second-order valence-corrected chi connectivity index (χ2v) is 3.28. The lowest BCUT2D eigenvalue weighted by molar-refractivity contribution is -0.119. The van der Waals surface area contributed by atoms with Crippen LogP contribution in [0.4, 0.5) is 5.69 Å². The summed E-state index contributed by atoms with van der Waals surface area (Å²) in [6.45, 7) is 0.417. The van der Waals surface area contributed by atoms with Gasteiger partial charge in [0.1, 0.15) is 0 Å². The van der Waals surface area contributed by atoms with Crippen LogP contribution in [0.15, 0.2) is 24.3 Å². The van der Waals surface area contributed by atoms with E-state index in [4.69, 9.17) is 5.73 Å². The molecule has 3 heteroatoms. The Kier molecular flexibility index (Phi) is 2.02. The summed E-state index contributed by atoms with van der Waals surface area (Å²) in [5.74, 6) is -0.0175. The minimum atomic E-state index is -0.0603. The summed E-state index contributed by atoms with van der Waals surface area (Å²) in [5, 5.41) is 2.84. The Labute approximate surface area is 76.9 Å². The van der Waals surface area contributed by atoms with Crippen molar-refractivity contribution in [3.8, 4) is 0 Å². The topological polar surface area (TPSA) is 55.1 Å². The van der Waals surface area contributed by atoms with Crippen molar-refractivity contribution in [2.24, 2.45) is 11.7 Å². The summed E-state index contributed by atoms with van der Waals surface area (Å²) >= 11 is 0. The molecule has 0 saturated carbocycles. The molecule has 1 aliphatic rings. The smallest absolute Gasteiger partial charge is 0.229 e. The number of nitrogens with two attached hydrogens (primary N) is 1. The lowest BCUT2D eigenvalue weighted by Gasteiger charge is -2.23. The monoisotopic (exact) mass is 176 g/mol. The highest BCUT2D eigenvalue weighted by Crippen LogP contribution is 2.24. The number of amides is 1. The largest absolute Gasteiger partial charge is 0.330 e. The molecule has 2 rings (SSSR count). The van der Waals surface area contributed by atoms with Gasteiger partial charge in [-0.05, 0) is 18.1 Å². The first-order chi connectivity index (χ1) is 6.31. The normalized spacial score (nSPS) is 20.7. The fraction of sp³-hybridized carbons (Fsp3) is 0.300. The van der Waals surface area contributed by atoms with Gasteiger partial charge in [0, 0.05) is 12.2 Å². The van der Waals surface area contributed by atoms with Crippen LogP contribution in [-0.2, 0) is 11.2 Å². The van der Waals surface area contributed by atoms with Crippen LogP contribution in [0.25, 0.3) is 0 Å². The fourth-order valence-electron chi connectivity index (χ4n) is 1.60. The highest BCUT2D eigenvalue weighted by atomic mass is 16.1. The Bertz CT molecular complexity index is 335. The Hall–Kier alpha value is -1.35. The van der Waals surface area contributed by atoms with Crippen LogP contribution in [0, 0.1) is 5.92 Å². The zero-order valence-electron chi connectivity index (χ0n) is 7.29. The van der Waals surface area contributed by atoms with Crippen molar-refractivity contribution in [3.05, 3.63) is 29.8 Å². The molecule has 1 aromatic rings. The highest BCUT2D eigenvalue weighted by molar-refractivity contribution is 5.95. The molecule has 0 spiro atoms. The van der Waals surface area contributed by atoms with Crippen molar-refractivity contribution >= 4 is 11.6 Å². The number of rotatable bonds is 1. The van der Waals surface area contributed by atoms with Crippen LogP contribution >= 0.6 is 0 Å². The van der Waals surface area contributed by atoms with Gasteiger partial charge in [0.15, 0.2) is 0 Å². The molecule has 1 atom stereocenters. The van der Waals surface area contributed by atoms with Gasteiger partial charge in [0.05, 0.1) is 5.92 Å². The molecule has 0 aliphatic carbocycles. The molecular formula is C10H12N2O. The second kappa shape index (κ2) is 3.18. The molecule has 1 heterocycles. The van der Waals surface area contributed by atoms with E-state index < -0.39 is 0 Å². The minimum absolute atomic E-state index is 0.0428. The van der Waals surface area contributed by atoms with Crippen molar-refractivity contribution in [1.82, 2.24) is 0 Å². The van der Waals surface area contributed by atoms with Crippen LogP contribution in [-0.4, -0.2) is 12.5 Å². The van der Waals surface area contributed by atoms with Gasteiger partial charge < -0.3 is 11.1 Å². The molecule has 3 N–H and O–H groups in total. The molecule has 0 unspecified atom stereocenters. The molecule has 0 bridgehead atoms. The Morgan fingerprint density at radius 1 is 1.46 bits per heavy atom.